The lowest BCUT2D eigenvalue weighted by Gasteiger charge is -2.49. The Kier molecular flexibility index (Phi) is 2.78. The van der Waals surface area contributed by atoms with Crippen molar-refractivity contribution in [3.8, 4) is 0 Å². The molecule has 0 aromatic rings. The van der Waals surface area contributed by atoms with Crippen LogP contribution in [-0.2, 0) is 14.3 Å². The fourth-order valence-corrected chi connectivity index (χ4v) is 2.39. The molecule has 4 nitrogen and oxygen atoms in total. The minimum absolute atomic E-state index is 0.216. The molecule has 1 aliphatic carbocycles. The zero-order chi connectivity index (χ0) is 10.9. The molecule has 1 heterocycles. The lowest BCUT2D eigenvalue weighted by molar-refractivity contribution is -0.209. The van der Waals surface area contributed by atoms with Crippen LogP contribution in [0, 0.1) is 0 Å². The maximum Gasteiger partial charge on any atom is 0.304 e. The summed E-state index contributed by atoms with van der Waals surface area (Å²) in [5.41, 5.74) is -0.369. The molecule has 0 atom stereocenters. The van der Waals surface area contributed by atoms with Crippen LogP contribution in [0.1, 0.15) is 39.0 Å². The monoisotopic (exact) mass is 211 g/mol. The highest BCUT2D eigenvalue weighted by atomic mass is 16.6. The number of Topliss-reactive ketones (excluding diaryl/α,β-unsaturated/α-hetero) is 1. The Balaban J connectivity index is 1.99. The van der Waals surface area contributed by atoms with E-state index >= 15 is 0 Å². The van der Waals surface area contributed by atoms with Gasteiger partial charge in [0.05, 0.1) is 0 Å². The van der Waals surface area contributed by atoms with Crippen molar-refractivity contribution < 1.29 is 14.3 Å². The van der Waals surface area contributed by atoms with Gasteiger partial charge in [-0.3, -0.25) is 14.5 Å². The predicted octanol–water partition coefficient (Wildman–Crippen LogP) is 1.09. The van der Waals surface area contributed by atoms with Gasteiger partial charge in [0, 0.05) is 45.7 Å². The lowest BCUT2D eigenvalue weighted by atomic mass is 9.85. The van der Waals surface area contributed by atoms with E-state index in [9.17, 15) is 9.59 Å². The van der Waals surface area contributed by atoms with Gasteiger partial charge in [-0.2, -0.15) is 0 Å². The summed E-state index contributed by atoms with van der Waals surface area (Å²) >= 11 is 0. The molecule has 0 amide bonds. The zero-order valence-electron chi connectivity index (χ0n) is 9.12. The van der Waals surface area contributed by atoms with Crippen molar-refractivity contribution >= 4 is 11.8 Å². The first kappa shape index (κ1) is 10.6. The van der Waals surface area contributed by atoms with Crippen molar-refractivity contribution in [2.24, 2.45) is 0 Å². The van der Waals surface area contributed by atoms with Gasteiger partial charge in [-0.05, 0) is 6.42 Å². The molecular formula is C11H17NO3. The normalized spacial score (nSPS) is 25.8. The Bertz CT molecular complexity index is 274. The van der Waals surface area contributed by atoms with Crippen molar-refractivity contribution in [1.82, 2.24) is 4.90 Å². The Morgan fingerprint density at radius 2 is 1.93 bits per heavy atom. The standard InChI is InChI=1S/C11H17NO3/c1-9(13)15-11(5-2-6-11)12-7-3-10(14)4-8-12/h2-8H2,1H3. The van der Waals surface area contributed by atoms with Gasteiger partial charge in [0.15, 0.2) is 5.72 Å². The number of carbonyl (C=O) groups is 2. The third kappa shape index (κ3) is 2.04. The molecule has 84 valence electrons. The number of likely N-dealkylation sites (tertiary alicyclic amines) is 1. The van der Waals surface area contributed by atoms with E-state index < -0.39 is 0 Å². The van der Waals surface area contributed by atoms with Crippen LogP contribution in [0.3, 0.4) is 0 Å². The van der Waals surface area contributed by atoms with Crippen LogP contribution in [0.2, 0.25) is 0 Å². The Hall–Kier alpha value is -0.900. The number of hydrogen-bond donors (Lipinski definition) is 0. The summed E-state index contributed by atoms with van der Waals surface area (Å²) in [4.78, 5) is 24.3. The van der Waals surface area contributed by atoms with Crippen LogP contribution in [-0.4, -0.2) is 35.5 Å². The molecule has 1 saturated carbocycles. The largest absolute Gasteiger partial charge is 0.444 e. The summed E-state index contributed by atoms with van der Waals surface area (Å²) in [6, 6.07) is 0. The average Bonchev–Trinajstić information content (AvgIpc) is 2.13. The summed E-state index contributed by atoms with van der Waals surface area (Å²) in [5.74, 6) is 0.107. The first-order chi connectivity index (χ1) is 7.12. The molecule has 0 bridgehead atoms. The smallest absolute Gasteiger partial charge is 0.304 e. The van der Waals surface area contributed by atoms with E-state index in [1.54, 1.807) is 0 Å². The molecule has 0 N–H and O–H groups in total. The average molecular weight is 211 g/mol. The minimum atomic E-state index is -0.369. The van der Waals surface area contributed by atoms with Gasteiger partial charge in [-0.25, -0.2) is 0 Å². The van der Waals surface area contributed by atoms with Crippen molar-refractivity contribution in [3.05, 3.63) is 0 Å². The van der Waals surface area contributed by atoms with Crippen LogP contribution < -0.4 is 0 Å². The van der Waals surface area contributed by atoms with Gasteiger partial charge in [-0.1, -0.05) is 0 Å². The maximum absolute atomic E-state index is 11.1. The van der Waals surface area contributed by atoms with Crippen LogP contribution in [0.5, 0.6) is 0 Å². The summed E-state index contributed by atoms with van der Waals surface area (Å²) in [7, 11) is 0. The summed E-state index contributed by atoms with van der Waals surface area (Å²) < 4.78 is 5.42. The van der Waals surface area contributed by atoms with E-state index in [-0.39, 0.29) is 11.7 Å². The molecule has 4 heteroatoms. The minimum Gasteiger partial charge on any atom is -0.444 e. The molecule has 1 aliphatic heterocycles. The van der Waals surface area contributed by atoms with Gasteiger partial charge < -0.3 is 4.74 Å². The third-order valence-corrected chi connectivity index (χ3v) is 3.37. The zero-order valence-corrected chi connectivity index (χ0v) is 9.12. The fourth-order valence-electron chi connectivity index (χ4n) is 2.39. The molecule has 0 aromatic carbocycles. The second kappa shape index (κ2) is 3.93. The SMILES string of the molecule is CC(=O)OC1(N2CCC(=O)CC2)CCC1. The molecule has 0 radical (unpaired) electrons. The van der Waals surface area contributed by atoms with Crippen LogP contribution in [0.4, 0.5) is 0 Å². The Labute approximate surface area is 89.6 Å². The van der Waals surface area contributed by atoms with Crippen molar-refractivity contribution in [2.45, 2.75) is 44.8 Å². The van der Waals surface area contributed by atoms with Crippen molar-refractivity contribution in [3.63, 3.8) is 0 Å². The number of ketones is 1. The molecule has 2 aliphatic rings. The molecule has 0 spiro atoms. The van der Waals surface area contributed by atoms with Crippen LogP contribution >= 0.6 is 0 Å². The van der Waals surface area contributed by atoms with E-state index in [2.05, 4.69) is 4.90 Å². The van der Waals surface area contributed by atoms with E-state index in [4.69, 9.17) is 4.74 Å². The molecule has 1 saturated heterocycles. The first-order valence-electron chi connectivity index (χ1n) is 5.59. The van der Waals surface area contributed by atoms with E-state index in [1.165, 1.54) is 6.92 Å². The highest BCUT2D eigenvalue weighted by Crippen LogP contribution is 2.39. The third-order valence-electron chi connectivity index (χ3n) is 3.37. The summed E-state index contributed by atoms with van der Waals surface area (Å²) in [5, 5.41) is 0. The number of ether oxygens (including phenoxy) is 1. The number of esters is 1. The molecule has 0 aromatic heterocycles. The lowest BCUT2D eigenvalue weighted by Crippen LogP contribution is -2.58. The number of hydrogen-bond acceptors (Lipinski definition) is 4. The maximum atomic E-state index is 11.1. The van der Waals surface area contributed by atoms with E-state index in [1.807, 2.05) is 0 Å². The summed E-state index contributed by atoms with van der Waals surface area (Å²) in [6.45, 7) is 2.94. The van der Waals surface area contributed by atoms with Gasteiger partial charge in [0.1, 0.15) is 5.78 Å². The van der Waals surface area contributed by atoms with Gasteiger partial charge in [0.25, 0.3) is 0 Å². The Morgan fingerprint density at radius 3 is 2.33 bits per heavy atom. The molecule has 2 rings (SSSR count). The number of carbonyl (C=O) groups excluding carboxylic acids is 2. The van der Waals surface area contributed by atoms with Gasteiger partial charge >= 0.3 is 5.97 Å². The van der Waals surface area contributed by atoms with E-state index in [0.717, 1.165) is 32.4 Å². The fraction of sp³-hybridized carbons (Fsp3) is 0.818. The molecule has 2 fully saturated rings. The van der Waals surface area contributed by atoms with Gasteiger partial charge in [-0.15, -0.1) is 0 Å². The predicted molar refractivity (Wildman–Crippen MR) is 54.2 cm³/mol. The topological polar surface area (TPSA) is 46.6 Å². The van der Waals surface area contributed by atoms with Crippen molar-refractivity contribution in [2.75, 3.05) is 13.1 Å². The summed E-state index contributed by atoms with van der Waals surface area (Å²) in [6.07, 6.45) is 4.14. The van der Waals surface area contributed by atoms with Crippen LogP contribution in [0.15, 0.2) is 0 Å². The number of piperidine rings is 1. The highest BCUT2D eigenvalue weighted by Gasteiger charge is 2.46. The number of rotatable bonds is 2. The van der Waals surface area contributed by atoms with Crippen LogP contribution in [0.25, 0.3) is 0 Å². The molecular weight excluding hydrogens is 194 g/mol. The Morgan fingerprint density at radius 1 is 1.33 bits per heavy atom. The number of nitrogens with zero attached hydrogens (tertiary/aromatic N) is 1. The van der Waals surface area contributed by atoms with Gasteiger partial charge in [0.2, 0.25) is 0 Å². The second-order valence-corrected chi connectivity index (χ2v) is 4.42. The van der Waals surface area contributed by atoms with E-state index in [0.29, 0.717) is 18.6 Å². The molecule has 0 unspecified atom stereocenters. The van der Waals surface area contributed by atoms with Crippen molar-refractivity contribution in [1.29, 1.82) is 0 Å². The first-order valence-corrected chi connectivity index (χ1v) is 5.59. The second-order valence-electron chi connectivity index (χ2n) is 4.42. The highest BCUT2D eigenvalue weighted by molar-refractivity contribution is 5.79. The molecule has 15 heavy (non-hydrogen) atoms. The quantitative estimate of drug-likeness (QED) is 0.641.